The van der Waals surface area contributed by atoms with Crippen LogP contribution in [0.2, 0.25) is 0 Å². The number of rotatable bonds is 4. The minimum Gasteiger partial charge on any atom is -0.381 e. The maximum absolute atomic E-state index is 13.0. The monoisotopic (exact) mass is 278 g/mol. The molecule has 0 bridgehead atoms. The van der Waals surface area contributed by atoms with Crippen LogP contribution in [0.15, 0.2) is 36.4 Å². The number of anilines is 1. The molecule has 1 N–H and O–H groups in total. The molecule has 0 unspecified atom stereocenters. The third-order valence-electron chi connectivity index (χ3n) is 2.89. The van der Waals surface area contributed by atoms with E-state index >= 15 is 0 Å². The van der Waals surface area contributed by atoms with Crippen LogP contribution >= 0.6 is 0 Å². The van der Waals surface area contributed by atoms with Gasteiger partial charge in [0.05, 0.1) is 4.92 Å². The molecule has 2 aromatic carbocycles. The number of aryl methyl sites for hydroxylation is 1. The number of halogens is 2. The standard InChI is InChI=1S/C14H12F2N2O2/c1-9-2-4-11(7-14(9)18(19)20)17-8-10-3-5-12(15)13(16)6-10/h2-7,17H,8H2,1H3. The molecular weight excluding hydrogens is 266 g/mol. The molecule has 0 heterocycles. The molecule has 0 radical (unpaired) electrons. The summed E-state index contributed by atoms with van der Waals surface area (Å²) in [5, 5.41) is 13.8. The van der Waals surface area contributed by atoms with Crippen molar-refractivity contribution < 1.29 is 13.7 Å². The lowest BCUT2D eigenvalue weighted by molar-refractivity contribution is -0.385. The van der Waals surface area contributed by atoms with Crippen molar-refractivity contribution >= 4 is 11.4 Å². The molecule has 104 valence electrons. The molecule has 4 nitrogen and oxygen atoms in total. The predicted octanol–water partition coefficient (Wildman–Crippen LogP) is 3.79. The fraction of sp³-hybridized carbons (Fsp3) is 0.143. The summed E-state index contributed by atoms with van der Waals surface area (Å²) in [6, 6.07) is 8.33. The summed E-state index contributed by atoms with van der Waals surface area (Å²) >= 11 is 0. The number of benzene rings is 2. The second-order valence-corrected chi connectivity index (χ2v) is 4.36. The topological polar surface area (TPSA) is 55.2 Å². The van der Waals surface area contributed by atoms with Gasteiger partial charge in [0.2, 0.25) is 0 Å². The molecule has 2 aromatic rings. The van der Waals surface area contributed by atoms with Gasteiger partial charge < -0.3 is 5.32 Å². The lowest BCUT2D eigenvalue weighted by atomic mass is 10.1. The highest BCUT2D eigenvalue weighted by atomic mass is 19.2. The average Bonchev–Trinajstić information content (AvgIpc) is 2.41. The average molecular weight is 278 g/mol. The van der Waals surface area contributed by atoms with E-state index in [-0.39, 0.29) is 12.2 Å². The molecule has 20 heavy (non-hydrogen) atoms. The summed E-state index contributed by atoms with van der Waals surface area (Å²) in [4.78, 5) is 10.4. The molecule has 0 spiro atoms. The van der Waals surface area contributed by atoms with Crippen molar-refractivity contribution in [2.45, 2.75) is 13.5 Å². The summed E-state index contributed by atoms with van der Waals surface area (Å²) < 4.78 is 25.8. The van der Waals surface area contributed by atoms with Crippen LogP contribution in [0.3, 0.4) is 0 Å². The molecule has 0 aliphatic carbocycles. The summed E-state index contributed by atoms with van der Waals surface area (Å²) in [5.41, 5.74) is 1.67. The van der Waals surface area contributed by atoms with Crippen LogP contribution in [0.4, 0.5) is 20.2 Å². The fourth-order valence-corrected chi connectivity index (χ4v) is 1.77. The maximum Gasteiger partial charge on any atom is 0.274 e. The lowest BCUT2D eigenvalue weighted by Gasteiger charge is -2.07. The second kappa shape index (κ2) is 5.64. The van der Waals surface area contributed by atoms with E-state index in [0.717, 1.165) is 12.1 Å². The fourth-order valence-electron chi connectivity index (χ4n) is 1.77. The molecule has 0 fully saturated rings. The molecule has 0 aliphatic rings. The SMILES string of the molecule is Cc1ccc(NCc2ccc(F)c(F)c2)cc1[N+](=O)[O-]. The predicted molar refractivity (Wildman–Crippen MR) is 71.5 cm³/mol. The minimum atomic E-state index is -0.917. The minimum absolute atomic E-state index is 0.0142. The van der Waals surface area contributed by atoms with Crippen LogP contribution in [-0.4, -0.2) is 4.92 Å². The summed E-state index contributed by atoms with van der Waals surface area (Å²) in [5.74, 6) is -1.82. The van der Waals surface area contributed by atoms with Crippen LogP contribution < -0.4 is 5.32 Å². The van der Waals surface area contributed by atoms with Gasteiger partial charge in [0.25, 0.3) is 5.69 Å². The van der Waals surface area contributed by atoms with Gasteiger partial charge in [-0.25, -0.2) is 8.78 Å². The maximum atomic E-state index is 13.0. The first kappa shape index (κ1) is 13.9. The van der Waals surface area contributed by atoms with Crippen molar-refractivity contribution in [2.24, 2.45) is 0 Å². The first-order valence-electron chi connectivity index (χ1n) is 5.90. The molecule has 0 saturated heterocycles. The van der Waals surface area contributed by atoms with E-state index in [0.29, 0.717) is 16.8 Å². The molecule has 0 aliphatic heterocycles. The van der Waals surface area contributed by atoms with E-state index < -0.39 is 16.6 Å². The highest BCUT2D eigenvalue weighted by molar-refractivity contribution is 5.55. The molecule has 0 atom stereocenters. The van der Waals surface area contributed by atoms with Crippen molar-refractivity contribution in [1.82, 2.24) is 0 Å². The smallest absolute Gasteiger partial charge is 0.274 e. The third-order valence-corrected chi connectivity index (χ3v) is 2.89. The molecule has 0 aromatic heterocycles. The second-order valence-electron chi connectivity index (χ2n) is 4.36. The van der Waals surface area contributed by atoms with Gasteiger partial charge in [-0.15, -0.1) is 0 Å². The van der Waals surface area contributed by atoms with E-state index in [1.165, 1.54) is 12.1 Å². The van der Waals surface area contributed by atoms with Crippen LogP contribution in [0.25, 0.3) is 0 Å². The quantitative estimate of drug-likeness (QED) is 0.683. The zero-order chi connectivity index (χ0) is 14.7. The van der Waals surface area contributed by atoms with Crippen molar-refractivity contribution in [3.8, 4) is 0 Å². The van der Waals surface area contributed by atoms with Crippen LogP contribution in [0.5, 0.6) is 0 Å². The Bertz CT molecular complexity index is 660. The van der Waals surface area contributed by atoms with Crippen molar-refractivity contribution in [3.63, 3.8) is 0 Å². The van der Waals surface area contributed by atoms with E-state index in [9.17, 15) is 18.9 Å². The Morgan fingerprint density at radius 3 is 2.55 bits per heavy atom. The van der Waals surface area contributed by atoms with Crippen LogP contribution in [0.1, 0.15) is 11.1 Å². The Balaban J connectivity index is 2.12. The summed E-state index contributed by atoms with van der Waals surface area (Å²) in [6.45, 7) is 1.90. The van der Waals surface area contributed by atoms with Crippen LogP contribution in [-0.2, 0) is 6.54 Å². The van der Waals surface area contributed by atoms with Crippen LogP contribution in [0, 0.1) is 28.7 Å². The van der Waals surface area contributed by atoms with Gasteiger partial charge in [0, 0.05) is 23.9 Å². The number of nitrogens with one attached hydrogen (secondary N) is 1. The molecule has 2 rings (SSSR count). The highest BCUT2D eigenvalue weighted by Crippen LogP contribution is 2.22. The molecule has 0 saturated carbocycles. The Morgan fingerprint density at radius 1 is 1.15 bits per heavy atom. The van der Waals surface area contributed by atoms with Gasteiger partial charge in [0.15, 0.2) is 11.6 Å². The molecular formula is C14H12F2N2O2. The number of hydrogen-bond donors (Lipinski definition) is 1. The van der Waals surface area contributed by atoms with Gasteiger partial charge in [-0.3, -0.25) is 10.1 Å². The van der Waals surface area contributed by atoms with E-state index in [1.54, 1.807) is 19.1 Å². The number of nitro groups is 1. The third kappa shape index (κ3) is 3.09. The number of nitrogens with zero attached hydrogens (tertiary/aromatic N) is 1. The van der Waals surface area contributed by atoms with Gasteiger partial charge >= 0.3 is 0 Å². The Kier molecular flexibility index (Phi) is 3.93. The first-order chi connectivity index (χ1) is 9.47. The Labute approximate surface area is 114 Å². The van der Waals surface area contributed by atoms with Gasteiger partial charge in [-0.1, -0.05) is 12.1 Å². The number of nitro benzene ring substituents is 1. The van der Waals surface area contributed by atoms with Gasteiger partial charge in [0.1, 0.15) is 0 Å². The van der Waals surface area contributed by atoms with E-state index in [4.69, 9.17) is 0 Å². The summed E-state index contributed by atoms with van der Waals surface area (Å²) in [7, 11) is 0. The van der Waals surface area contributed by atoms with Crippen molar-refractivity contribution in [3.05, 3.63) is 69.3 Å². The summed E-state index contributed by atoms with van der Waals surface area (Å²) in [6.07, 6.45) is 0. The zero-order valence-corrected chi connectivity index (χ0v) is 10.7. The van der Waals surface area contributed by atoms with Gasteiger partial charge in [-0.05, 0) is 30.7 Å². The lowest BCUT2D eigenvalue weighted by Crippen LogP contribution is -2.01. The number of hydrogen-bond acceptors (Lipinski definition) is 3. The largest absolute Gasteiger partial charge is 0.381 e. The van der Waals surface area contributed by atoms with E-state index in [2.05, 4.69) is 5.32 Å². The first-order valence-corrected chi connectivity index (χ1v) is 5.90. The molecule has 0 amide bonds. The molecule has 6 heteroatoms. The Hall–Kier alpha value is -2.50. The Morgan fingerprint density at radius 2 is 1.90 bits per heavy atom. The van der Waals surface area contributed by atoms with E-state index in [1.807, 2.05) is 0 Å². The van der Waals surface area contributed by atoms with Crippen molar-refractivity contribution in [1.29, 1.82) is 0 Å². The zero-order valence-electron chi connectivity index (χ0n) is 10.7. The van der Waals surface area contributed by atoms with Gasteiger partial charge in [-0.2, -0.15) is 0 Å². The highest BCUT2D eigenvalue weighted by Gasteiger charge is 2.11. The normalized spacial score (nSPS) is 10.3. The van der Waals surface area contributed by atoms with Crippen molar-refractivity contribution in [2.75, 3.05) is 5.32 Å².